The second-order valence-electron chi connectivity index (χ2n) is 8.21. The van der Waals surface area contributed by atoms with Crippen LogP contribution in [0.5, 0.6) is 5.88 Å². The van der Waals surface area contributed by atoms with Gasteiger partial charge in [0.05, 0.1) is 0 Å². The summed E-state index contributed by atoms with van der Waals surface area (Å²) in [6.45, 7) is 7.04. The topological polar surface area (TPSA) is 69.9 Å². The van der Waals surface area contributed by atoms with Crippen molar-refractivity contribution in [1.29, 1.82) is 0 Å². The van der Waals surface area contributed by atoms with E-state index in [9.17, 15) is 4.79 Å². The first-order valence-electron chi connectivity index (χ1n) is 9.65. The summed E-state index contributed by atoms with van der Waals surface area (Å²) in [4.78, 5) is 18.8. The van der Waals surface area contributed by atoms with Crippen LogP contribution in [0.15, 0.2) is 48.5 Å². The first kappa shape index (κ1) is 19.4. The smallest absolute Gasteiger partial charge is 0.393 e. The van der Waals surface area contributed by atoms with E-state index in [-0.39, 0.29) is 5.41 Å². The van der Waals surface area contributed by atoms with Crippen LogP contribution in [0.1, 0.15) is 32.0 Å². The molecule has 1 amide bonds. The second-order valence-corrected chi connectivity index (χ2v) is 8.64. The van der Waals surface area contributed by atoms with Crippen LogP contribution in [0.25, 0.3) is 21.8 Å². The SMILES string of the molecule is CC(C)(C)c1[nH]c2ccccc2c1CCNC(=O)Oc1cc2cc(Cl)ccc2[nH]1. The molecule has 0 atom stereocenters. The van der Waals surface area contributed by atoms with Crippen LogP contribution < -0.4 is 10.1 Å². The fourth-order valence-electron chi connectivity index (χ4n) is 3.66. The van der Waals surface area contributed by atoms with Crippen LogP contribution in [-0.2, 0) is 11.8 Å². The predicted molar refractivity (Wildman–Crippen MR) is 118 cm³/mol. The van der Waals surface area contributed by atoms with E-state index in [1.165, 1.54) is 16.6 Å². The Hall–Kier alpha value is -2.92. The molecule has 0 saturated heterocycles. The molecule has 0 aliphatic heterocycles. The number of hydrogen-bond acceptors (Lipinski definition) is 2. The Balaban J connectivity index is 1.44. The van der Waals surface area contributed by atoms with Gasteiger partial charge in [-0.25, -0.2) is 4.79 Å². The van der Waals surface area contributed by atoms with Crippen molar-refractivity contribution in [1.82, 2.24) is 15.3 Å². The highest BCUT2D eigenvalue weighted by Gasteiger charge is 2.22. The van der Waals surface area contributed by atoms with Crippen LogP contribution in [0.2, 0.25) is 5.02 Å². The highest BCUT2D eigenvalue weighted by molar-refractivity contribution is 6.31. The zero-order valence-corrected chi connectivity index (χ0v) is 17.5. The minimum Gasteiger partial charge on any atom is -0.393 e. The van der Waals surface area contributed by atoms with Gasteiger partial charge in [-0.05, 0) is 36.2 Å². The molecule has 2 aromatic carbocycles. The Morgan fingerprint density at radius 2 is 1.86 bits per heavy atom. The average Bonchev–Trinajstić information content (AvgIpc) is 3.22. The summed E-state index contributed by atoms with van der Waals surface area (Å²) in [5.74, 6) is 0.391. The number of halogens is 1. The van der Waals surface area contributed by atoms with Gasteiger partial charge >= 0.3 is 6.09 Å². The molecule has 0 saturated carbocycles. The van der Waals surface area contributed by atoms with E-state index in [0.29, 0.717) is 23.9 Å². The zero-order chi connectivity index (χ0) is 20.6. The number of fused-ring (bicyclic) bond motifs is 2. The molecule has 0 aliphatic carbocycles. The Bertz CT molecular complexity index is 1180. The van der Waals surface area contributed by atoms with Crippen molar-refractivity contribution in [2.45, 2.75) is 32.6 Å². The summed E-state index contributed by atoms with van der Waals surface area (Å²) in [6.07, 6.45) is 0.230. The Labute approximate surface area is 174 Å². The molecule has 6 heteroatoms. The number of carbonyl (C=O) groups excluding carboxylic acids is 1. The first-order chi connectivity index (χ1) is 13.8. The molecule has 0 bridgehead atoms. The van der Waals surface area contributed by atoms with Crippen molar-refractivity contribution >= 4 is 39.5 Å². The van der Waals surface area contributed by atoms with Crippen molar-refractivity contribution < 1.29 is 9.53 Å². The van der Waals surface area contributed by atoms with Crippen molar-refractivity contribution in [3.63, 3.8) is 0 Å². The van der Waals surface area contributed by atoms with Gasteiger partial charge in [-0.2, -0.15) is 0 Å². The zero-order valence-electron chi connectivity index (χ0n) is 16.7. The molecule has 4 aromatic rings. The minimum atomic E-state index is -0.486. The molecule has 0 radical (unpaired) electrons. The van der Waals surface area contributed by atoms with Gasteiger partial charge < -0.3 is 20.0 Å². The van der Waals surface area contributed by atoms with Crippen molar-refractivity contribution in [3.05, 3.63) is 64.8 Å². The van der Waals surface area contributed by atoms with Crippen LogP contribution in [0.4, 0.5) is 4.79 Å². The van der Waals surface area contributed by atoms with Crippen LogP contribution in [0, 0.1) is 0 Å². The van der Waals surface area contributed by atoms with E-state index in [1.54, 1.807) is 12.1 Å². The number of aromatic nitrogens is 2. The molecular weight excluding hydrogens is 386 g/mol. The highest BCUT2D eigenvalue weighted by atomic mass is 35.5. The summed E-state index contributed by atoms with van der Waals surface area (Å²) < 4.78 is 5.39. The van der Waals surface area contributed by atoms with Crippen LogP contribution in [-0.4, -0.2) is 22.6 Å². The number of hydrogen-bond donors (Lipinski definition) is 3. The van der Waals surface area contributed by atoms with Crippen molar-refractivity contribution in [2.24, 2.45) is 0 Å². The van der Waals surface area contributed by atoms with Gasteiger partial charge in [0, 0.05) is 50.5 Å². The van der Waals surface area contributed by atoms with Crippen LogP contribution in [0.3, 0.4) is 0 Å². The number of benzene rings is 2. The molecule has 0 unspecified atom stereocenters. The Morgan fingerprint density at radius 1 is 1.07 bits per heavy atom. The quantitative estimate of drug-likeness (QED) is 0.391. The van der Waals surface area contributed by atoms with Crippen molar-refractivity contribution in [3.8, 4) is 5.88 Å². The molecule has 5 nitrogen and oxygen atoms in total. The lowest BCUT2D eigenvalue weighted by Gasteiger charge is -2.19. The van der Waals surface area contributed by atoms with E-state index in [4.69, 9.17) is 16.3 Å². The average molecular weight is 410 g/mol. The lowest BCUT2D eigenvalue weighted by Crippen LogP contribution is -2.29. The number of rotatable bonds is 4. The third kappa shape index (κ3) is 4.10. The van der Waals surface area contributed by atoms with Gasteiger partial charge in [-0.1, -0.05) is 50.6 Å². The van der Waals surface area contributed by atoms with E-state index < -0.39 is 6.09 Å². The molecule has 29 heavy (non-hydrogen) atoms. The predicted octanol–water partition coefficient (Wildman–Crippen LogP) is 5.93. The third-order valence-electron chi connectivity index (χ3n) is 4.97. The number of para-hydroxylation sites is 1. The number of aromatic amines is 2. The Kier molecular flexibility index (Phi) is 5.01. The minimum absolute atomic E-state index is 0.0134. The molecule has 0 aliphatic rings. The van der Waals surface area contributed by atoms with E-state index in [2.05, 4.69) is 48.2 Å². The fourth-order valence-corrected chi connectivity index (χ4v) is 3.84. The lowest BCUT2D eigenvalue weighted by molar-refractivity contribution is 0.199. The van der Waals surface area contributed by atoms with Gasteiger partial charge in [0.15, 0.2) is 0 Å². The molecular formula is C23H24ClN3O2. The molecule has 0 spiro atoms. The summed E-state index contributed by atoms with van der Waals surface area (Å²) >= 11 is 6.00. The maximum Gasteiger partial charge on any atom is 0.413 e. The molecule has 2 heterocycles. The Morgan fingerprint density at radius 3 is 2.66 bits per heavy atom. The van der Waals surface area contributed by atoms with Crippen LogP contribution >= 0.6 is 11.6 Å². The summed E-state index contributed by atoms with van der Waals surface area (Å²) in [7, 11) is 0. The monoisotopic (exact) mass is 409 g/mol. The van der Waals surface area contributed by atoms with Gasteiger partial charge in [0.1, 0.15) is 0 Å². The number of amides is 1. The van der Waals surface area contributed by atoms with E-state index in [0.717, 1.165) is 16.4 Å². The van der Waals surface area contributed by atoms with E-state index in [1.807, 2.05) is 24.3 Å². The number of H-pyrrole nitrogens is 2. The molecule has 150 valence electrons. The molecule has 2 aromatic heterocycles. The van der Waals surface area contributed by atoms with Crippen molar-refractivity contribution in [2.75, 3.05) is 6.54 Å². The summed E-state index contributed by atoms with van der Waals surface area (Å²) in [5.41, 5.74) is 4.40. The highest BCUT2D eigenvalue weighted by Crippen LogP contribution is 2.31. The number of ether oxygens (including phenoxy) is 1. The second kappa shape index (κ2) is 7.48. The van der Waals surface area contributed by atoms with Gasteiger partial charge in [-0.3, -0.25) is 0 Å². The van der Waals surface area contributed by atoms with Gasteiger partial charge in [0.25, 0.3) is 0 Å². The van der Waals surface area contributed by atoms with Gasteiger partial charge in [-0.15, -0.1) is 0 Å². The third-order valence-corrected chi connectivity index (χ3v) is 5.20. The molecule has 0 fully saturated rings. The van der Waals surface area contributed by atoms with E-state index >= 15 is 0 Å². The normalized spacial score (nSPS) is 11.9. The fraction of sp³-hybridized carbons (Fsp3) is 0.261. The lowest BCUT2D eigenvalue weighted by atomic mass is 9.88. The standard InChI is InChI=1S/C23H24ClN3O2/c1-23(2,3)21-17(16-6-4-5-7-19(16)27-21)10-11-25-22(28)29-20-13-14-12-15(24)8-9-18(14)26-20/h4-9,12-13,26-27H,10-11H2,1-3H3,(H,25,28). The summed E-state index contributed by atoms with van der Waals surface area (Å²) in [6, 6.07) is 15.5. The molecule has 4 rings (SSSR count). The molecule has 3 N–H and O–H groups in total. The number of carbonyl (C=O) groups is 1. The summed E-state index contributed by atoms with van der Waals surface area (Å²) in [5, 5.41) is 5.58. The van der Waals surface area contributed by atoms with Gasteiger partial charge in [0.2, 0.25) is 5.88 Å². The maximum atomic E-state index is 12.2. The largest absolute Gasteiger partial charge is 0.413 e. The first-order valence-corrected chi connectivity index (χ1v) is 10.0. The maximum absolute atomic E-state index is 12.2. The number of nitrogens with one attached hydrogen (secondary N) is 3.